The van der Waals surface area contributed by atoms with Crippen molar-refractivity contribution in [2.24, 2.45) is 5.73 Å². The third-order valence-corrected chi connectivity index (χ3v) is 6.04. The maximum atomic E-state index is 14.0. The van der Waals surface area contributed by atoms with Gasteiger partial charge in [-0.1, -0.05) is 12.1 Å². The van der Waals surface area contributed by atoms with Crippen LogP contribution in [0.4, 0.5) is 10.2 Å². The molecule has 0 atom stereocenters. The summed E-state index contributed by atoms with van der Waals surface area (Å²) in [6.07, 6.45) is 0.602. The smallest absolute Gasteiger partial charge is 0.423 e. The Bertz CT molecular complexity index is 1460. The van der Waals surface area contributed by atoms with Gasteiger partial charge in [0.15, 0.2) is 0 Å². The molecule has 3 heterocycles. The molecule has 0 unspecified atom stereocenters. The predicted octanol–water partition coefficient (Wildman–Crippen LogP) is 1.33. The third kappa shape index (κ3) is 4.36. The van der Waals surface area contributed by atoms with Crippen LogP contribution in [0.5, 0.6) is 0 Å². The number of nitrogens with one attached hydrogen (secondary N) is 1. The first-order chi connectivity index (χ1) is 16.8. The van der Waals surface area contributed by atoms with E-state index in [-0.39, 0.29) is 12.0 Å². The number of halogens is 1. The second kappa shape index (κ2) is 9.10. The summed E-state index contributed by atoms with van der Waals surface area (Å²) in [5.41, 5.74) is 9.80. The van der Waals surface area contributed by atoms with Gasteiger partial charge in [0.1, 0.15) is 11.6 Å². The highest BCUT2D eigenvalue weighted by molar-refractivity contribution is 6.58. The number of carbonyl (C=O) groups excluding carboxylic acids is 1. The van der Waals surface area contributed by atoms with Gasteiger partial charge in [0.2, 0.25) is 11.9 Å². The summed E-state index contributed by atoms with van der Waals surface area (Å²) in [5, 5.41) is 22.8. The van der Waals surface area contributed by atoms with E-state index in [1.54, 1.807) is 12.1 Å². The van der Waals surface area contributed by atoms with Crippen molar-refractivity contribution in [1.82, 2.24) is 14.5 Å². The van der Waals surface area contributed by atoms with Gasteiger partial charge < -0.3 is 25.8 Å². The summed E-state index contributed by atoms with van der Waals surface area (Å²) >= 11 is 0. The lowest BCUT2D eigenvalue weighted by Gasteiger charge is -2.21. The minimum absolute atomic E-state index is 0.0650. The molecule has 0 spiro atoms. The molecule has 0 saturated carbocycles. The lowest BCUT2D eigenvalue weighted by molar-refractivity contribution is 0.100. The highest BCUT2D eigenvalue weighted by Gasteiger charge is 2.22. The lowest BCUT2D eigenvalue weighted by Crippen LogP contribution is -2.30. The fourth-order valence-corrected chi connectivity index (χ4v) is 4.42. The zero-order chi connectivity index (χ0) is 24.7. The van der Waals surface area contributed by atoms with Crippen LogP contribution in [0.15, 0.2) is 42.5 Å². The molecule has 2 aromatic carbocycles. The first kappa shape index (κ1) is 23.0. The van der Waals surface area contributed by atoms with Crippen LogP contribution in [-0.4, -0.2) is 44.2 Å². The van der Waals surface area contributed by atoms with Crippen molar-refractivity contribution < 1.29 is 24.0 Å². The number of carbonyl (C=O) groups is 1. The van der Waals surface area contributed by atoms with Crippen LogP contribution in [-0.2, 0) is 24.3 Å². The van der Waals surface area contributed by atoms with Crippen LogP contribution >= 0.6 is 0 Å². The Morgan fingerprint density at radius 2 is 2.09 bits per heavy atom. The zero-order valence-corrected chi connectivity index (χ0v) is 19.0. The van der Waals surface area contributed by atoms with Crippen molar-refractivity contribution in [1.29, 1.82) is 0 Å². The van der Waals surface area contributed by atoms with Crippen molar-refractivity contribution >= 4 is 35.2 Å². The molecule has 5 N–H and O–H groups in total. The molecule has 11 heteroatoms. The van der Waals surface area contributed by atoms with E-state index in [0.717, 1.165) is 28.5 Å². The fraction of sp³-hybridized carbons (Fsp3) is 0.208. The Hall–Kier alpha value is -3.80. The van der Waals surface area contributed by atoms with Crippen molar-refractivity contribution in [3.8, 4) is 5.95 Å². The van der Waals surface area contributed by atoms with Crippen LogP contribution < -0.4 is 16.5 Å². The summed E-state index contributed by atoms with van der Waals surface area (Å²) in [5.74, 6) is -0.123. The van der Waals surface area contributed by atoms with Crippen LogP contribution in [0.1, 0.15) is 32.9 Å². The highest BCUT2D eigenvalue weighted by Crippen LogP contribution is 2.29. The zero-order valence-electron chi connectivity index (χ0n) is 19.0. The summed E-state index contributed by atoms with van der Waals surface area (Å²) in [7, 11) is -1.77. The molecular weight excluding hydrogens is 452 g/mol. The van der Waals surface area contributed by atoms with Crippen molar-refractivity contribution in [2.75, 3.05) is 11.9 Å². The Kier molecular flexibility index (Phi) is 5.97. The minimum atomic E-state index is -1.77. The molecule has 1 amide bonds. The Morgan fingerprint density at radius 3 is 2.86 bits per heavy atom. The monoisotopic (exact) mass is 475 g/mol. The third-order valence-electron chi connectivity index (χ3n) is 6.04. The van der Waals surface area contributed by atoms with Gasteiger partial charge in [-0.2, -0.15) is 4.98 Å². The number of nitrogens with two attached hydrogens (primary N) is 1. The number of ether oxygens (including phenoxy) is 1. The van der Waals surface area contributed by atoms with Gasteiger partial charge in [0, 0.05) is 35.2 Å². The second-order valence-electron chi connectivity index (χ2n) is 8.44. The first-order valence-electron chi connectivity index (χ1n) is 11.1. The SMILES string of the molecule is Cc1cc2c(C(N)=O)cccc2n1-c1nc2c(c(NCc3cc(F)cc(B(O)O)c3)n1)COCC2. The highest BCUT2D eigenvalue weighted by atomic mass is 19.1. The molecule has 0 bridgehead atoms. The maximum Gasteiger partial charge on any atom is 0.488 e. The number of nitrogens with zero attached hydrogens (tertiary/aromatic N) is 3. The van der Waals surface area contributed by atoms with E-state index in [4.69, 9.17) is 20.4 Å². The first-order valence-corrected chi connectivity index (χ1v) is 11.1. The van der Waals surface area contributed by atoms with Crippen LogP contribution in [0, 0.1) is 12.7 Å². The minimum Gasteiger partial charge on any atom is -0.423 e. The van der Waals surface area contributed by atoms with Gasteiger partial charge in [-0.15, -0.1) is 0 Å². The second-order valence-corrected chi connectivity index (χ2v) is 8.44. The Balaban J connectivity index is 1.58. The van der Waals surface area contributed by atoms with Gasteiger partial charge in [0.25, 0.3) is 0 Å². The summed E-state index contributed by atoms with van der Waals surface area (Å²) in [4.78, 5) is 21.5. The number of anilines is 1. The van der Waals surface area contributed by atoms with E-state index in [1.165, 1.54) is 12.1 Å². The van der Waals surface area contributed by atoms with E-state index in [2.05, 4.69) is 5.32 Å². The van der Waals surface area contributed by atoms with E-state index in [9.17, 15) is 19.2 Å². The number of rotatable bonds is 6. The van der Waals surface area contributed by atoms with Gasteiger partial charge in [-0.25, -0.2) is 9.37 Å². The number of benzene rings is 2. The molecule has 0 aliphatic carbocycles. The lowest BCUT2D eigenvalue weighted by atomic mass is 9.79. The average molecular weight is 475 g/mol. The summed E-state index contributed by atoms with van der Waals surface area (Å²) < 4.78 is 21.5. The summed E-state index contributed by atoms with van der Waals surface area (Å²) in [6.45, 7) is 2.95. The quantitative estimate of drug-likeness (QED) is 0.309. The molecule has 0 saturated heterocycles. The van der Waals surface area contributed by atoms with Crippen LogP contribution in [0.2, 0.25) is 0 Å². The van der Waals surface area contributed by atoms with Crippen LogP contribution in [0.3, 0.4) is 0 Å². The molecule has 2 aromatic heterocycles. The largest absolute Gasteiger partial charge is 0.488 e. The van der Waals surface area contributed by atoms with Crippen LogP contribution in [0.25, 0.3) is 16.9 Å². The van der Waals surface area contributed by atoms with E-state index in [0.29, 0.717) is 47.9 Å². The fourth-order valence-electron chi connectivity index (χ4n) is 4.42. The van der Waals surface area contributed by atoms with Crippen molar-refractivity contribution in [2.45, 2.75) is 26.5 Å². The summed E-state index contributed by atoms with van der Waals surface area (Å²) in [6, 6.07) is 11.1. The molecule has 178 valence electrons. The number of hydrogen-bond acceptors (Lipinski definition) is 7. The Labute approximate surface area is 200 Å². The van der Waals surface area contributed by atoms with Gasteiger partial charge >= 0.3 is 7.12 Å². The van der Waals surface area contributed by atoms with Crippen molar-refractivity contribution in [3.05, 3.63) is 76.4 Å². The number of primary amides is 1. The number of amides is 1. The molecule has 5 rings (SSSR count). The maximum absolute atomic E-state index is 14.0. The standard InChI is InChI=1S/C24H23BFN5O4/c1-13-7-18-17(22(27)32)3-2-4-21(18)31(13)24-29-20-5-6-35-12-19(20)23(30-24)28-11-14-8-15(25(33)34)10-16(26)9-14/h2-4,7-10,33-34H,5-6,11-12H2,1H3,(H2,27,32)(H,28,29,30). The van der Waals surface area contributed by atoms with Crippen molar-refractivity contribution in [3.63, 3.8) is 0 Å². The molecule has 1 aliphatic rings. The normalized spacial score (nSPS) is 13.0. The van der Waals surface area contributed by atoms with E-state index < -0.39 is 18.8 Å². The molecule has 1 aliphatic heterocycles. The van der Waals surface area contributed by atoms with Gasteiger partial charge in [-0.05, 0) is 48.3 Å². The Morgan fingerprint density at radius 1 is 1.26 bits per heavy atom. The number of fused-ring (bicyclic) bond motifs is 2. The van der Waals surface area contributed by atoms with E-state index in [1.807, 2.05) is 23.6 Å². The average Bonchev–Trinajstić information content (AvgIpc) is 3.17. The molecule has 0 fully saturated rings. The molecule has 4 aromatic rings. The number of aromatic nitrogens is 3. The predicted molar refractivity (Wildman–Crippen MR) is 129 cm³/mol. The molecular formula is C24H23BFN5O4. The number of hydrogen-bond donors (Lipinski definition) is 4. The molecule has 35 heavy (non-hydrogen) atoms. The number of aryl methyl sites for hydroxylation is 1. The molecule has 9 nitrogen and oxygen atoms in total. The van der Waals surface area contributed by atoms with Gasteiger partial charge in [-0.3, -0.25) is 9.36 Å². The van der Waals surface area contributed by atoms with Gasteiger partial charge in [0.05, 0.1) is 24.4 Å². The molecule has 0 radical (unpaired) electrons. The van der Waals surface area contributed by atoms with E-state index >= 15 is 0 Å². The topological polar surface area (TPSA) is 136 Å².